The highest BCUT2D eigenvalue weighted by Crippen LogP contribution is 2.22. The van der Waals surface area contributed by atoms with Crippen molar-refractivity contribution in [1.82, 2.24) is 4.31 Å². The van der Waals surface area contributed by atoms with E-state index in [2.05, 4.69) is 0 Å². The lowest BCUT2D eigenvalue weighted by Crippen LogP contribution is -2.41. The summed E-state index contributed by atoms with van der Waals surface area (Å²) >= 11 is 0. The zero-order chi connectivity index (χ0) is 16.3. The SMILES string of the molecule is CCN(CC(C)(C)CN)S(=O)(=O)c1cccc(C(C)=O)c1. The molecule has 0 saturated heterocycles. The Bertz CT molecular complexity index is 609. The Morgan fingerprint density at radius 2 is 1.95 bits per heavy atom. The maximum absolute atomic E-state index is 12.7. The molecule has 0 bridgehead atoms. The first kappa shape index (κ1) is 17.8. The number of hydrogen-bond acceptors (Lipinski definition) is 4. The predicted octanol–water partition coefficient (Wildman–Crippen LogP) is 1.88. The van der Waals surface area contributed by atoms with E-state index in [-0.39, 0.29) is 16.1 Å². The molecule has 0 amide bonds. The molecule has 0 aliphatic carbocycles. The van der Waals surface area contributed by atoms with Crippen molar-refractivity contribution in [1.29, 1.82) is 0 Å². The van der Waals surface area contributed by atoms with Crippen LogP contribution in [-0.2, 0) is 10.0 Å². The molecule has 0 aliphatic heterocycles. The molecule has 0 atom stereocenters. The van der Waals surface area contributed by atoms with E-state index in [1.54, 1.807) is 19.1 Å². The zero-order valence-corrected chi connectivity index (χ0v) is 13.9. The van der Waals surface area contributed by atoms with Crippen LogP contribution in [0.3, 0.4) is 0 Å². The molecule has 118 valence electrons. The topological polar surface area (TPSA) is 80.5 Å². The minimum absolute atomic E-state index is 0.143. The number of rotatable bonds is 7. The van der Waals surface area contributed by atoms with Gasteiger partial charge in [-0.1, -0.05) is 32.9 Å². The van der Waals surface area contributed by atoms with Gasteiger partial charge < -0.3 is 5.73 Å². The number of Topliss-reactive ketones (excluding diaryl/α,β-unsaturated/α-hetero) is 1. The van der Waals surface area contributed by atoms with Gasteiger partial charge in [-0.25, -0.2) is 8.42 Å². The zero-order valence-electron chi connectivity index (χ0n) is 13.1. The smallest absolute Gasteiger partial charge is 0.243 e. The molecule has 5 nitrogen and oxygen atoms in total. The fourth-order valence-electron chi connectivity index (χ4n) is 1.93. The van der Waals surface area contributed by atoms with E-state index in [1.807, 2.05) is 13.8 Å². The standard InChI is InChI=1S/C15H24N2O3S/c1-5-17(11-15(3,4)10-16)21(19,20)14-8-6-7-13(9-14)12(2)18/h6-9H,5,10-11,16H2,1-4H3. The third-order valence-electron chi connectivity index (χ3n) is 3.39. The van der Waals surface area contributed by atoms with E-state index in [4.69, 9.17) is 5.73 Å². The van der Waals surface area contributed by atoms with Gasteiger partial charge in [0.05, 0.1) is 4.90 Å². The summed E-state index contributed by atoms with van der Waals surface area (Å²) in [5, 5.41) is 0. The van der Waals surface area contributed by atoms with Crippen LogP contribution in [0.4, 0.5) is 0 Å². The van der Waals surface area contributed by atoms with Crippen LogP contribution < -0.4 is 5.73 Å². The molecule has 6 heteroatoms. The first-order valence-electron chi connectivity index (χ1n) is 6.95. The second-order valence-electron chi connectivity index (χ2n) is 5.88. The van der Waals surface area contributed by atoms with E-state index < -0.39 is 10.0 Å². The highest BCUT2D eigenvalue weighted by atomic mass is 32.2. The van der Waals surface area contributed by atoms with Crippen LogP contribution in [0.5, 0.6) is 0 Å². The van der Waals surface area contributed by atoms with Gasteiger partial charge in [0.15, 0.2) is 5.78 Å². The van der Waals surface area contributed by atoms with Crippen LogP contribution in [0.1, 0.15) is 38.1 Å². The molecule has 0 radical (unpaired) electrons. The largest absolute Gasteiger partial charge is 0.330 e. The molecule has 0 heterocycles. The van der Waals surface area contributed by atoms with Gasteiger partial charge in [-0.2, -0.15) is 4.31 Å². The fourth-order valence-corrected chi connectivity index (χ4v) is 3.62. The number of ketones is 1. The maximum Gasteiger partial charge on any atom is 0.243 e. The molecule has 1 aromatic carbocycles. The van der Waals surface area contributed by atoms with Crippen LogP contribution in [0, 0.1) is 5.41 Å². The lowest BCUT2D eigenvalue weighted by molar-refractivity contribution is 0.101. The van der Waals surface area contributed by atoms with Crippen molar-refractivity contribution in [3.05, 3.63) is 29.8 Å². The minimum Gasteiger partial charge on any atom is -0.330 e. The predicted molar refractivity (Wildman–Crippen MR) is 83.7 cm³/mol. The summed E-state index contributed by atoms with van der Waals surface area (Å²) < 4.78 is 26.8. The molecule has 2 N–H and O–H groups in total. The molecule has 0 spiro atoms. The van der Waals surface area contributed by atoms with E-state index >= 15 is 0 Å². The number of nitrogens with zero attached hydrogens (tertiary/aromatic N) is 1. The molecule has 1 aromatic rings. The summed E-state index contributed by atoms with van der Waals surface area (Å²) in [5.41, 5.74) is 5.78. The summed E-state index contributed by atoms with van der Waals surface area (Å²) in [6.07, 6.45) is 0. The van der Waals surface area contributed by atoms with Crippen molar-refractivity contribution in [3.63, 3.8) is 0 Å². The molecule has 0 aliphatic rings. The number of benzene rings is 1. The van der Waals surface area contributed by atoms with Gasteiger partial charge in [0.1, 0.15) is 0 Å². The van der Waals surface area contributed by atoms with Gasteiger partial charge in [0.2, 0.25) is 10.0 Å². The Balaban J connectivity index is 3.19. The summed E-state index contributed by atoms with van der Waals surface area (Å²) in [7, 11) is -3.62. The molecular formula is C15H24N2O3S. The Morgan fingerprint density at radius 3 is 2.43 bits per heavy atom. The Labute approximate surface area is 127 Å². The van der Waals surface area contributed by atoms with Crippen molar-refractivity contribution < 1.29 is 13.2 Å². The summed E-state index contributed by atoms with van der Waals surface area (Å²) in [6.45, 7) is 8.16. The number of hydrogen-bond donors (Lipinski definition) is 1. The van der Waals surface area contributed by atoms with Crippen molar-refractivity contribution in [2.45, 2.75) is 32.6 Å². The Hall–Kier alpha value is -1.24. The van der Waals surface area contributed by atoms with Crippen molar-refractivity contribution in [3.8, 4) is 0 Å². The van der Waals surface area contributed by atoms with Gasteiger partial charge in [-0.3, -0.25) is 4.79 Å². The third-order valence-corrected chi connectivity index (χ3v) is 5.30. The lowest BCUT2D eigenvalue weighted by Gasteiger charge is -2.30. The van der Waals surface area contributed by atoms with Crippen LogP contribution in [0.25, 0.3) is 0 Å². The van der Waals surface area contributed by atoms with E-state index in [0.717, 1.165) is 0 Å². The van der Waals surface area contributed by atoms with Crippen molar-refractivity contribution in [2.75, 3.05) is 19.6 Å². The van der Waals surface area contributed by atoms with Crippen LogP contribution >= 0.6 is 0 Å². The average Bonchev–Trinajstić information content (AvgIpc) is 2.44. The number of sulfonamides is 1. The molecule has 21 heavy (non-hydrogen) atoms. The molecular weight excluding hydrogens is 288 g/mol. The first-order valence-corrected chi connectivity index (χ1v) is 8.39. The second kappa shape index (κ2) is 6.68. The summed E-state index contributed by atoms with van der Waals surface area (Å²) in [4.78, 5) is 11.6. The normalized spacial score (nSPS) is 12.7. The van der Waals surface area contributed by atoms with Gasteiger partial charge in [-0.15, -0.1) is 0 Å². The van der Waals surface area contributed by atoms with Gasteiger partial charge in [0.25, 0.3) is 0 Å². The second-order valence-corrected chi connectivity index (χ2v) is 7.82. The highest BCUT2D eigenvalue weighted by Gasteiger charge is 2.29. The number of carbonyl (C=O) groups is 1. The van der Waals surface area contributed by atoms with Crippen LogP contribution in [-0.4, -0.2) is 38.1 Å². The van der Waals surface area contributed by atoms with E-state index in [9.17, 15) is 13.2 Å². The first-order chi connectivity index (χ1) is 9.64. The Kier molecular flexibility index (Phi) is 5.67. The molecule has 0 fully saturated rings. The van der Waals surface area contributed by atoms with E-state index in [0.29, 0.717) is 25.2 Å². The van der Waals surface area contributed by atoms with Crippen LogP contribution in [0.2, 0.25) is 0 Å². The van der Waals surface area contributed by atoms with E-state index in [1.165, 1.54) is 23.4 Å². The Morgan fingerprint density at radius 1 is 1.33 bits per heavy atom. The average molecular weight is 312 g/mol. The van der Waals surface area contributed by atoms with Gasteiger partial charge in [0, 0.05) is 18.7 Å². The third kappa shape index (κ3) is 4.36. The molecule has 0 unspecified atom stereocenters. The number of nitrogens with two attached hydrogens (primary N) is 1. The molecule has 0 saturated carbocycles. The van der Waals surface area contributed by atoms with Crippen LogP contribution in [0.15, 0.2) is 29.2 Å². The van der Waals surface area contributed by atoms with Gasteiger partial charge in [-0.05, 0) is 31.0 Å². The lowest BCUT2D eigenvalue weighted by atomic mass is 9.94. The molecule has 0 aromatic heterocycles. The fraction of sp³-hybridized carbons (Fsp3) is 0.533. The summed E-state index contributed by atoms with van der Waals surface area (Å²) in [5.74, 6) is -0.155. The number of carbonyl (C=O) groups excluding carboxylic acids is 1. The molecule has 1 rings (SSSR count). The van der Waals surface area contributed by atoms with Gasteiger partial charge >= 0.3 is 0 Å². The summed E-state index contributed by atoms with van der Waals surface area (Å²) in [6, 6.07) is 6.14. The highest BCUT2D eigenvalue weighted by molar-refractivity contribution is 7.89. The minimum atomic E-state index is -3.62. The quantitative estimate of drug-likeness (QED) is 0.780. The monoisotopic (exact) mass is 312 g/mol. The maximum atomic E-state index is 12.7. The van der Waals surface area contributed by atoms with Crippen molar-refractivity contribution >= 4 is 15.8 Å². The van der Waals surface area contributed by atoms with Crippen molar-refractivity contribution in [2.24, 2.45) is 11.1 Å².